The van der Waals surface area contributed by atoms with E-state index >= 15 is 0 Å². The van der Waals surface area contributed by atoms with Gasteiger partial charge in [-0.3, -0.25) is 9.40 Å². The zero-order valence-corrected chi connectivity index (χ0v) is 12.7. The number of aromatic nitrogens is 2. The molecule has 0 radical (unpaired) electrons. The molecule has 1 heterocycles. The topological polar surface area (TPSA) is 97.0 Å². The van der Waals surface area contributed by atoms with E-state index in [2.05, 4.69) is 9.82 Å². The van der Waals surface area contributed by atoms with Crippen LogP contribution in [0.25, 0.3) is 0 Å². The lowest BCUT2D eigenvalue weighted by atomic mass is 10.3. The molecular formula is C12H11ClN4O3S. The number of methoxy groups -OCH3 is 1. The molecule has 2 rings (SSSR count). The van der Waals surface area contributed by atoms with E-state index in [4.69, 9.17) is 21.6 Å². The summed E-state index contributed by atoms with van der Waals surface area (Å²) in [5, 5.41) is 13.0. The molecule has 0 unspecified atom stereocenters. The summed E-state index contributed by atoms with van der Waals surface area (Å²) >= 11 is 5.83. The second kappa shape index (κ2) is 5.63. The third-order valence-corrected chi connectivity index (χ3v) is 4.30. The highest BCUT2D eigenvalue weighted by Gasteiger charge is 2.23. The van der Waals surface area contributed by atoms with E-state index in [1.165, 1.54) is 43.2 Å². The standard InChI is InChI=1S/C12H11ClN4O3S/c1-17-12(8(6-14)7-15-17)16-21(18,19)11-5-9(13)3-4-10(11)20-2/h3-5,7,16H,1-2H3. The van der Waals surface area contributed by atoms with Gasteiger partial charge in [-0.1, -0.05) is 11.6 Å². The van der Waals surface area contributed by atoms with Gasteiger partial charge >= 0.3 is 0 Å². The van der Waals surface area contributed by atoms with Crippen LogP contribution in [0.4, 0.5) is 5.82 Å². The molecule has 2 aromatic rings. The fourth-order valence-electron chi connectivity index (χ4n) is 1.68. The second-order valence-electron chi connectivity index (χ2n) is 4.04. The molecule has 0 aliphatic carbocycles. The van der Waals surface area contributed by atoms with Gasteiger partial charge in [0.1, 0.15) is 22.3 Å². The average Bonchev–Trinajstić information content (AvgIpc) is 2.79. The van der Waals surface area contributed by atoms with Crippen molar-refractivity contribution in [2.24, 2.45) is 7.05 Å². The van der Waals surface area contributed by atoms with Crippen LogP contribution in [0.2, 0.25) is 5.02 Å². The van der Waals surface area contributed by atoms with Crippen LogP contribution < -0.4 is 9.46 Å². The third-order valence-electron chi connectivity index (χ3n) is 2.71. The summed E-state index contributed by atoms with van der Waals surface area (Å²) in [6, 6.07) is 6.10. The van der Waals surface area contributed by atoms with E-state index in [1.54, 1.807) is 0 Å². The number of nitrogens with one attached hydrogen (secondary N) is 1. The maximum Gasteiger partial charge on any atom is 0.266 e. The molecule has 1 N–H and O–H groups in total. The van der Waals surface area contributed by atoms with Crippen molar-refractivity contribution in [3.63, 3.8) is 0 Å². The van der Waals surface area contributed by atoms with Crippen LogP contribution in [0.5, 0.6) is 5.75 Å². The Balaban J connectivity index is 2.51. The molecule has 0 fully saturated rings. The first kappa shape index (κ1) is 15.2. The third kappa shape index (κ3) is 2.94. The number of halogens is 1. The van der Waals surface area contributed by atoms with Crippen LogP contribution in [-0.2, 0) is 17.1 Å². The van der Waals surface area contributed by atoms with Crippen molar-refractivity contribution in [2.45, 2.75) is 4.90 Å². The summed E-state index contributed by atoms with van der Waals surface area (Å²) in [6.45, 7) is 0. The molecule has 0 bridgehead atoms. The first-order valence-electron chi connectivity index (χ1n) is 5.67. The summed E-state index contributed by atoms with van der Waals surface area (Å²) in [5.41, 5.74) is 0.113. The number of nitrogens with zero attached hydrogens (tertiary/aromatic N) is 3. The lowest BCUT2D eigenvalue weighted by molar-refractivity contribution is 0.403. The Labute approximate surface area is 126 Å². The number of hydrogen-bond donors (Lipinski definition) is 1. The number of sulfonamides is 1. The minimum absolute atomic E-state index is 0.0690. The highest BCUT2D eigenvalue weighted by Crippen LogP contribution is 2.29. The Hall–Kier alpha value is -2.24. The van der Waals surface area contributed by atoms with Gasteiger partial charge in [0.15, 0.2) is 5.82 Å². The molecule has 21 heavy (non-hydrogen) atoms. The minimum Gasteiger partial charge on any atom is -0.495 e. The van der Waals surface area contributed by atoms with E-state index in [1.807, 2.05) is 6.07 Å². The molecule has 1 aromatic carbocycles. The second-order valence-corrected chi connectivity index (χ2v) is 6.13. The van der Waals surface area contributed by atoms with E-state index in [-0.39, 0.29) is 27.0 Å². The molecule has 0 spiro atoms. The molecule has 9 heteroatoms. The van der Waals surface area contributed by atoms with Crippen molar-refractivity contribution >= 4 is 27.4 Å². The zero-order valence-electron chi connectivity index (χ0n) is 11.2. The van der Waals surface area contributed by atoms with Gasteiger partial charge in [-0.2, -0.15) is 10.4 Å². The molecule has 1 aromatic heterocycles. The fourth-order valence-corrected chi connectivity index (χ4v) is 3.22. The summed E-state index contributed by atoms with van der Waals surface area (Å²) in [7, 11) is -1.10. The van der Waals surface area contributed by atoms with Gasteiger partial charge in [0.2, 0.25) is 0 Å². The van der Waals surface area contributed by atoms with Crippen LogP contribution in [0, 0.1) is 11.3 Å². The van der Waals surface area contributed by atoms with Crippen molar-refractivity contribution in [1.29, 1.82) is 5.26 Å². The van der Waals surface area contributed by atoms with Crippen LogP contribution in [0.15, 0.2) is 29.3 Å². The minimum atomic E-state index is -3.97. The summed E-state index contributed by atoms with van der Waals surface area (Å²) in [6.07, 6.45) is 1.27. The van der Waals surface area contributed by atoms with E-state index in [0.29, 0.717) is 0 Å². The first-order valence-corrected chi connectivity index (χ1v) is 7.53. The van der Waals surface area contributed by atoms with Crippen LogP contribution in [-0.4, -0.2) is 25.3 Å². The lowest BCUT2D eigenvalue weighted by Gasteiger charge is -2.12. The first-order chi connectivity index (χ1) is 9.89. The van der Waals surface area contributed by atoms with Gasteiger partial charge < -0.3 is 4.74 Å². The molecule has 0 saturated heterocycles. The summed E-state index contributed by atoms with van der Waals surface area (Å²) in [5.74, 6) is 0.215. The smallest absolute Gasteiger partial charge is 0.266 e. The highest BCUT2D eigenvalue weighted by atomic mass is 35.5. The number of ether oxygens (including phenoxy) is 1. The Bertz CT molecular complexity index is 824. The predicted octanol–water partition coefficient (Wildman–Crippen LogP) is 1.75. The van der Waals surface area contributed by atoms with Crippen molar-refractivity contribution in [1.82, 2.24) is 9.78 Å². The zero-order chi connectivity index (χ0) is 15.6. The van der Waals surface area contributed by atoms with E-state index in [0.717, 1.165) is 0 Å². The molecule has 0 saturated carbocycles. The van der Waals surface area contributed by atoms with E-state index < -0.39 is 10.0 Å². The van der Waals surface area contributed by atoms with Crippen molar-refractivity contribution in [3.8, 4) is 11.8 Å². The van der Waals surface area contributed by atoms with Gasteiger partial charge in [0.25, 0.3) is 10.0 Å². The van der Waals surface area contributed by atoms with Crippen LogP contribution in [0.3, 0.4) is 0 Å². The molecule has 0 aliphatic rings. The Morgan fingerprint density at radius 1 is 1.48 bits per heavy atom. The predicted molar refractivity (Wildman–Crippen MR) is 76.7 cm³/mol. The van der Waals surface area contributed by atoms with Gasteiger partial charge in [-0.25, -0.2) is 8.42 Å². The number of aryl methyl sites for hydroxylation is 1. The maximum atomic E-state index is 12.5. The summed E-state index contributed by atoms with van der Waals surface area (Å²) in [4.78, 5) is -0.123. The molecular weight excluding hydrogens is 316 g/mol. The number of rotatable bonds is 4. The molecule has 0 atom stereocenters. The monoisotopic (exact) mass is 326 g/mol. The van der Waals surface area contributed by atoms with Crippen molar-refractivity contribution < 1.29 is 13.2 Å². The number of hydrogen-bond acceptors (Lipinski definition) is 5. The molecule has 110 valence electrons. The van der Waals surface area contributed by atoms with Gasteiger partial charge in [0.05, 0.1) is 13.3 Å². The molecule has 7 nitrogen and oxygen atoms in total. The van der Waals surface area contributed by atoms with Crippen LogP contribution >= 0.6 is 11.6 Å². The lowest BCUT2D eigenvalue weighted by Crippen LogP contribution is -2.17. The quantitative estimate of drug-likeness (QED) is 0.923. The largest absolute Gasteiger partial charge is 0.495 e. The number of nitriles is 1. The Kier molecular flexibility index (Phi) is 4.06. The molecule has 0 aliphatic heterocycles. The normalized spacial score (nSPS) is 11.0. The maximum absolute atomic E-state index is 12.5. The van der Waals surface area contributed by atoms with Crippen LogP contribution in [0.1, 0.15) is 5.56 Å². The summed E-state index contributed by atoms with van der Waals surface area (Å²) < 4.78 is 33.5. The van der Waals surface area contributed by atoms with Crippen molar-refractivity contribution in [2.75, 3.05) is 11.8 Å². The van der Waals surface area contributed by atoms with E-state index in [9.17, 15) is 8.42 Å². The fraction of sp³-hybridized carbons (Fsp3) is 0.167. The molecule has 0 amide bonds. The van der Waals surface area contributed by atoms with Crippen molar-refractivity contribution in [3.05, 3.63) is 35.0 Å². The average molecular weight is 327 g/mol. The Morgan fingerprint density at radius 2 is 2.19 bits per heavy atom. The number of anilines is 1. The Morgan fingerprint density at radius 3 is 2.81 bits per heavy atom. The van der Waals surface area contributed by atoms with Gasteiger partial charge in [-0.15, -0.1) is 0 Å². The SMILES string of the molecule is COc1ccc(Cl)cc1S(=O)(=O)Nc1c(C#N)cnn1C. The number of benzene rings is 1. The van der Waals surface area contributed by atoms with Gasteiger partial charge in [0, 0.05) is 12.1 Å². The highest BCUT2D eigenvalue weighted by molar-refractivity contribution is 7.92. The van der Waals surface area contributed by atoms with Gasteiger partial charge in [-0.05, 0) is 18.2 Å².